The minimum absolute atomic E-state index is 0.0319. The zero-order valence-corrected chi connectivity index (χ0v) is 15.1. The van der Waals surface area contributed by atoms with Gasteiger partial charge in [-0.05, 0) is 18.6 Å². The van der Waals surface area contributed by atoms with Crippen LogP contribution in [0.4, 0.5) is 5.13 Å². The summed E-state index contributed by atoms with van der Waals surface area (Å²) in [4.78, 5) is 19.9. The maximum Gasteiger partial charge on any atom is 0.243 e. The van der Waals surface area contributed by atoms with Crippen molar-refractivity contribution >= 4 is 34.0 Å². The van der Waals surface area contributed by atoms with E-state index in [0.29, 0.717) is 24.8 Å². The van der Waals surface area contributed by atoms with Crippen LogP contribution in [0.25, 0.3) is 0 Å². The molecule has 0 bridgehead atoms. The van der Waals surface area contributed by atoms with E-state index in [-0.39, 0.29) is 11.9 Å². The number of nitrogens with one attached hydrogen (secondary N) is 1. The van der Waals surface area contributed by atoms with Crippen molar-refractivity contribution in [3.63, 3.8) is 0 Å². The molecule has 0 saturated carbocycles. The Kier molecular flexibility index (Phi) is 5.84. The van der Waals surface area contributed by atoms with E-state index < -0.39 is 0 Å². The first-order valence-electron chi connectivity index (χ1n) is 7.94. The first kappa shape index (κ1) is 17.4. The van der Waals surface area contributed by atoms with Gasteiger partial charge in [0.25, 0.3) is 0 Å². The summed E-state index contributed by atoms with van der Waals surface area (Å²) in [5.41, 5.74) is 1.06. The third kappa shape index (κ3) is 4.33. The van der Waals surface area contributed by atoms with Crippen LogP contribution < -0.4 is 5.32 Å². The van der Waals surface area contributed by atoms with Crippen LogP contribution in [0.3, 0.4) is 0 Å². The molecular formula is C17H20ClN3O2S. The Bertz CT molecular complexity index is 701. The molecule has 1 saturated heterocycles. The Hall–Kier alpha value is -1.47. The summed E-state index contributed by atoms with van der Waals surface area (Å²) in [5.74, 6) is -0.0319. The molecule has 0 unspecified atom stereocenters. The lowest BCUT2D eigenvalue weighted by Gasteiger charge is -2.31. The fourth-order valence-corrected chi connectivity index (χ4v) is 3.66. The van der Waals surface area contributed by atoms with Gasteiger partial charge in [-0.3, -0.25) is 9.69 Å². The van der Waals surface area contributed by atoms with E-state index in [1.165, 1.54) is 11.3 Å². The summed E-state index contributed by atoms with van der Waals surface area (Å²) in [6.45, 7) is 4.83. The number of carbonyl (C=O) groups is 1. The lowest BCUT2D eigenvalue weighted by atomic mass is 10.1. The number of thiazole rings is 1. The zero-order valence-electron chi connectivity index (χ0n) is 13.5. The van der Waals surface area contributed by atoms with E-state index in [1.54, 1.807) is 6.20 Å². The van der Waals surface area contributed by atoms with Crippen LogP contribution in [-0.4, -0.2) is 48.1 Å². The van der Waals surface area contributed by atoms with Crippen LogP contribution in [0.15, 0.2) is 30.5 Å². The summed E-state index contributed by atoms with van der Waals surface area (Å²) < 4.78 is 5.32. The average Bonchev–Trinajstić information content (AvgIpc) is 3.04. The van der Waals surface area contributed by atoms with Crippen LogP contribution in [0.2, 0.25) is 5.02 Å². The van der Waals surface area contributed by atoms with E-state index in [2.05, 4.69) is 15.2 Å². The third-order valence-electron chi connectivity index (χ3n) is 4.08. The van der Waals surface area contributed by atoms with E-state index in [9.17, 15) is 4.79 Å². The van der Waals surface area contributed by atoms with E-state index in [4.69, 9.17) is 16.3 Å². The predicted octanol–water partition coefficient (Wildman–Crippen LogP) is 3.05. The highest BCUT2D eigenvalue weighted by molar-refractivity contribution is 7.15. The van der Waals surface area contributed by atoms with Gasteiger partial charge in [0, 0.05) is 35.6 Å². The molecule has 0 radical (unpaired) electrons. The van der Waals surface area contributed by atoms with Gasteiger partial charge in [-0.15, -0.1) is 11.3 Å². The topological polar surface area (TPSA) is 54.5 Å². The minimum Gasteiger partial charge on any atom is -0.379 e. The van der Waals surface area contributed by atoms with Crippen molar-refractivity contribution in [2.24, 2.45) is 0 Å². The largest absolute Gasteiger partial charge is 0.379 e. The van der Waals surface area contributed by atoms with E-state index in [0.717, 1.165) is 28.6 Å². The number of carbonyl (C=O) groups excluding carboxylic acids is 1. The molecule has 7 heteroatoms. The third-order valence-corrected chi connectivity index (χ3v) is 5.36. The number of nitrogens with zero attached hydrogens (tertiary/aromatic N) is 2. The highest BCUT2D eigenvalue weighted by Gasteiger charge is 2.23. The molecule has 0 spiro atoms. The van der Waals surface area contributed by atoms with E-state index >= 15 is 0 Å². The lowest BCUT2D eigenvalue weighted by molar-refractivity contribution is -0.122. The molecule has 1 aromatic heterocycles. The quantitative estimate of drug-likeness (QED) is 0.884. The molecule has 1 atom stereocenters. The van der Waals surface area contributed by atoms with Crippen LogP contribution in [0, 0.1) is 0 Å². The molecule has 24 heavy (non-hydrogen) atoms. The van der Waals surface area contributed by atoms with Gasteiger partial charge in [0.05, 0.1) is 19.3 Å². The normalized spacial score (nSPS) is 16.8. The monoisotopic (exact) mass is 365 g/mol. The van der Waals surface area contributed by atoms with Crippen LogP contribution in [0.5, 0.6) is 0 Å². The molecule has 2 heterocycles. The Labute approximate surface area is 150 Å². The van der Waals surface area contributed by atoms with Gasteiger partial charge in [-0.25, -0.2) is 4.98 Å². The number of ether oxygens (including phenoxy) is 1. The van der Waals surface area contributed by atoms with Crippen LogP contribution in [-0.2, 0) is 16.0 Å². The molecule has 1 fully saturated rings. The van der Waals surface area contributed by atoms with Crippen molar-refractivity contribution in [2.75, 3.05) is 31.6 Å². The summed E-state index contributed by atoms with van der Waals surface area (Å²) in [6, 6.07) is 7.57. The van der Waals surface area contributed by atoms with Crippen LogP contribution >= 0.6 is 22.9 Å². The fraction of sp³-hybridized carbons (Fsp3) is 0.412. The molecule has 1 aromatic carbocycles. The minimum atomic E-state index is -0.190. The maximum absolute atomic E-state index is 12.4. The Balaban J connectivity index is 1.59. The number of aromatic nitrogens is 1. The molecule has 1 aliphatic rings. The molecule has 2 aromatic rings. The molecule has 1 N–H and O–H groups in total. The van der Waals surface area contributed by atoms with Crippen molar-refractivity contribution in [1.82, 2.24) is 9.88 Å². The number of amides is 1. The lowest BCUT2D eigenvalue weighted by Crippen LogP contribution is -2.47. The number of hydrogen-bond donors (Lipinski definition) is 1. The molecule has 1 aliphatic heterocycles. The fourth-order valence-electron chi connectivity index (χ4n) is 2.62. The Morgan fingerprint density at radius 1 is 1.42 bits per heavy atom. The molecule has 1 amide bonds. The number of benzene rings is 1. The Morgan fingerprint density at radius 2 is 2.17 bits per heavy atom. The smallest absolute Gasteiger partial charge is 0.243 e. The highest BCUT2D eigenvalue weighted by atomic mass is 35.5. The van der Waals surface area contributed by atoms with Gasteiger partial charge in [-0.1, -0.05) is 29.8 Å². The summed E-state index contributed by atoms with van der Waals surface area (Å²) >= 11 is 7.68. The van der Waals surface area contributed by atoms with Gasteiger partial charge in [0.15, 0.2) is 5.13 Å². The summed E-state index contributed by atoms with van der Waals surface area (Å²) in [6.07, 6.45) is 2.51. The number of hydrogen-bond acceptors (Lipinski definition) is 5. The second-order valence-corrected chi connectivity index (χ2v) is 7.24. The molecular weight excluding hydrogens is 346 g/mol. The van der Waals surface area contributed by atoms with E-state index in [1.807, 2.05) is 31.2 Å². The number of rotatable bonds is 5. The van der Waals surface area contributed by atoms with Crippen molar-refractivity contribution < 1.29 is 9.53 Å². The summed E-state index contributed by atoms with van der Waals surface area (Å²) in [7, 11) is 0. The molecule has 5 nitrogen and oxygen atoms in total. The second kappa shape index (κ2) is 8.07. The van der Waals surface area contributed by atoms with Crippen molar-refractivity contribution in [3.05, 3.63) is 45.9 Å². The zero-order chi connectivity index (χ0) is 16.9. The SMILES string of the molecule is C[C@@H](C(=O)Nc1ncc(Cc2ccccc2Cl)s1)N1CCOCC1. The van der Waals surface area contributed by atoms with Crippen molar-refractivity contribution in [3.8, 4) is 0 Å². The first-order valence-corrected chi connectivity index (χ1v) is 9.13. The van der Waals surface area contributed by atoms with Gasteiger partial charge in [-0.2, -0.15) is 0 Å². The van der Waals surface area contributed by atoms with Crippen molar-refractivity contribution in [2.45, 2.75) is 19.4 Å². The predicted molar refractivity (Wildman–Crippen MR) is 96.9 cm³/mol. The first-order chi connectivity index (χ1) is 11.6. The maximum atomic E-state index is 12.4. The van der Waals surface area contributed by atoms with Gasteiger partial charge in [0.1, 0.15) is 0 Å². The standard InChI is InChI=1S/C17H20ClN3O2S/c1-12(21-6-8-23-9-7-21)16(22)20-17-19-11-14(24-17)10-13-4-2-3-5-15(13)18/h2-5,11-12H,6-10H2,1H3,(H,19,20,22)/t12-/m0/s1. The second-order valence-electron chi connectivity index (χ2n) is 5.71. The summed E-state index contributed by atoms with van der Waals surface area (Å²) in [5, 5.41) is 4.29. The molecule has 3 rings (SSSR count). The number of anilines is 1. The highest BCUT2D eigenvalue weighted by Crippen LogP contribution is 2.24. The average molecular weight is 366 g/mol. The van der Waals surface area contributed by atoms with Gasteiger partial charge in [0.2, 0.25) is 5.91 Å². The van der Waals surface area contributed by atoms with Gasteiger partial charge >= 0.3 is 0 Å². The number of morpholine rings is 1. The van der Waals surface area contributed by atoms with Crippen molar-refractivity contribution in [1.29, 1.82) is 0 Å². The molecule has 128 valence electrons. The Morgan fingerprint density at radius 3 is 2.92 bits per heavy atom. The van der Waals surface area contributed by atoms with Gasteiger partial charge < -0.3 is 10.1 Å². The van der Waals surface area contributed by atoms with Crippen LogP contribution in [0.1, 0.15) is 17.4 Å². The number of halogens is 1. The molecule has 0 aliphatic carbocycles.